The van der Waals surface area contributed by atoms with Crippen LogP contribution in [0.25, 0.3) is 6.08 Å². The largest absolute Gasteiger partial charge is 0.272 e. The van der Waals surface area contributed by atoms with Gasteiger partial charge in [-0.15, -0.1) is 0 Å². The highest BCUT2D eigenvalue weighted by Gasteiger charge is 2.21. The van der Waals surface area contributed by atoms with E-state index >= 15 is 0 Å². The summed E-state index contributed by atoms with van der Waals surface area (Å²) in [6, 6.07) is 9.71. The molecule has 2 aromatic rings. The lowest BCUT2D eigenvalue weighted by atomic mass is 10.2. The minimum Gasteiger partial charge on any atom is -0.272 e. The maximum atomic E-state index is 12.4. The number of nitriles is 1. The van der Waals surface area contributed by atoms with Crippen molar-refractivity contribution in [2.24, 2.45) is 0 Å². The molecular weight excluding hydrogens is 286 g/mol. The molecule has 1 heterocycles. The number of benzene rings is 1. The van der Waals surface area contributed by atoms with Crippen LogP contribution in [-0.4, -0.2) is 18.2 Å². The fourth-order valence-corrected chi connectivity index (χ4v) is 3.05. The monoisotopic (exact) mass is 301 g/mol. The van der Waals surface area contributed by atoms with Gasteiger partial charge in [0.05, 0.1) is 10.6 Å². The number of hydrogen-bond donors (Lipinski definition) is 0. The highest BCUT2D eigenvalue weighted by atomic mass is 32.2. The average molecular weight is 301 g/mol. The Morgan fingerprint density at radius 3 is 2.57 bits per heavy atom. The van der Waals surface area contributed by atoms with Crippen LogP contribution in [0.1, 0.15) is 18.2 Å². The number of aromatic nitrogens is 2. The molecule has 0 atom stereocenters. The van der Waals surface area contributed by atoms with Crippen molar-refractivity contribution in [1.82, 2.24) is 9.78 Å². The summed E-state index contributed by atoms with van der Waals surface area (Å²) in [6.07, 6.45) is 3.10. The summed E-state index contributed by atoms with van der Waals surface area (Å²) < 4.78 is 26.6. The van der Waals surface area contributed by atoms with Crippen molar-refractivity contribution < 1.29 is 8.42 Å². The molecule has 0 radical (unpaired) electrons. The van der Waals surface area contributed by atoms with Gasteiger partial charge in [-0.25, -0.2) is 8.42 Å². The third kappa shape index (κ3) is 3.03. The zero-order valence-corrected chi connectivity index (χ0v) is 12.6. The van der Waals surface area contributed by atoms with E-state index < -0.39 is 9.84 Å². The van der Waals surface area contributed by atoms with E-state index in [0.29, 0.717) is 17.8 Å². The Labute approximate surface area is 124 Å². The predicted molar refractivity (Wildman–Crippen MR) is 79.9 cm³/mol. The lowest BCUT2D eigenvalue weighted by Gasteiger charge is -2.02. The zero-order chi connectivity index (χ0) is 15.5. The van der Waals surface area contributed by atoms with E-state index in [1.54, 1.807) is 42.1 Å². The van der Waals surface area contributed by atoms with Gasteiger partial charge in [-0.1, -0.05) is 18.2 Å². The quantitative estimate of drug-likeness (QED) is 0.813. The van der Waals surface area contributed by atoms with Crippen LogP contribution in [0.4, 0.5) is 0 Å². The van der Waals surface area contributed by atoms with Crippen LogP contribution in [0.5, 0.6) is 0 Å². The molecule has 0 bridgehead atoms. The smallest absolute Gasteiger partial charge is 0.216 e. The summed E-state index contributed by atoms with van der Waals surface area (Å²) in [7, 11) is -3.80. The van der Waals surface area contributed by atoms with E-state index in [0.717, 1.165) is 0 Å². The molecular formula is C15H15N3O2S. The molecule has 0 aliphatic carbocycles. The van der Waals surface area contributed by atoms with Crippen molar-refractivity contribution in [1.29, 1.82) is 5.26 Å². The maximum absolute atomic E-state index is 12.4. The highest BCUT2D eigenvalue weighted by molar-refractivity contribution is 7.95. The number of allylic oxidation sites excluding steroid dienone is 1. The van der Waals surface area contributed by atoms with Crippen LogP contribution in [0.3, 0.4) is 0 Å². The molecule has 1 aromatic carbocycles. The molecule has 0 unspecified atom stereocenters. The van der Waals surface area contributed by atoms with E-state index in [9.17, 15) is 13.7 Å². The lowest BCUT2D eigenvalue weighted by molar-refractivity contribution is 0.603. The summed E-state index contributed by atoms with van der Waals surface area (Å²) in [5, 5.41) is 13.5. The van der Waals surface area contributed by atoms with Gasteiger partial charge in [0.2, 0.25) is 9.84 Å². The third-order valence-electron chi connectivity index (χ3n) is 3.05. The number of sulfone groups is 1. The first kappa shape index (κ1) is 15.0. The van der Waals surface area contributed by atoms with E-state index in [4.69, 9.17) is 0 Å². The van der Waals surface area contributed by atoms with Crippen molar-refractivity contribution >= 4 is 15.9 Å². The van der Waals surface area contributed by atoms with Crippen LogP contribution >= 0.6 is 0 Å². The second-order valence-electron chi connectivity index (χ2n) is 4.46. The standard InChI is InChI=1S/C15H15N3O2S/c1-3-18-11-13(12(2)17-18)9-15(10-16)21(19,20)14-7-5-4-6-8-14/h4-9,11H,3H2,1-2H3/b15-9+. The fourth-order valence-electron chi connectivity index (χ4n) is 1.87. The van der Waals surface area contributed by atoms with E-state index in [2.05, 4.69) is 5.10 Å². The molecule has 0 amide bonds. The first-order chi connectivity index (χ1) is 9.98. The highest BCUT2D eigenvalue weighted by Crippen LogP contribution is 2.21. The number of hydrogen-bond acceptors (Lipinski definition) is 4. The van der Waals surface area contributed by atoms with Crippen LogP contribution in [0, 0.1) is 18.3 Å². The molecule has 0 saturated carbocycles. The summed E-state index contributed by atoms with van der Waals surface area (Å²) in [5.74, 6) is 0. The Kier molecular flexibility index (Phi) is 4.24. The Morgan fingerprint density at radius 1 is 1.38 bits per heavy atom. The molecule has 0 aliphatic heterocycles. The van der Waals surface area contributed by atoms with Gasteiger partial charge in [-0.05, 0) is 32.1 Å². The first-order valence-electron chi connectivity index (χ1n) is 6.45. The molecule has 21 heavy (non-hydrogen) atoms. The van der Waals surface area contributed by atoms with Crippen molar-refractivity contribution in [3.8, 4) is 6.07 Å². The molecule has 1 aromatic heterocycles. The van der Waals surface area contributed by atoms with Crippen LogP contribution < -0.4 is 0 Å². The van der Waals surface area contributed by atoms with E-state index in [-0.39, 0.29) is 9.80 Å². The fraction of sp³-hybridized carbons (Fsp3) is 0.200. The third-order valence-corrected chi connectivity index (χ3v) is 4.73. The average Bonchev–Trinajstić information content (AvgIpc) is 2.85. The Morgan fingerprint density at radius 2 is 2.05 bits per heavy atom. The second kappa shape index (κ2) is 5.94. The van der Waals surface area contributed by atoms with Gasteiger partial charge < -0.3 is 0 Å². The Bertz CT molecular complexity index is 812. The maximum Gasteiger partial charge on any atom is 0.216 e. The van der Waals surface area contributed by atoms with Crippen LogP contribution in [0.2, 0.25) is 0 Å². The van der Waals surface area contributed by atoms with Gasteiger partial charge >= 0.3 is 0 Å². The zero-order valence-electron chi connectivity index (χ0n) is 11.8. The molecule has 108 valence electrons. The Hall–Kier alpha value is -2.39. The minimum atomic E-state index is -3.80. The Balaban J connectivity index is 2.51. The first-order valence-corrected chi connectivity index (χ1v) is 7.93. The SMILES string of the molecule is CCn1cc(/C=C(\C#N)S(=O)(=O)c2ccccc2)c(C)n1. The molecule has 0 N–H and O–H groups in total. The molecule has 0 aliphatic rings. The topological polar surface area (TPSA) is 75.8 Å². The number of rotatable bonds is 4. The number of aryl methyl sites for hydroxylation is 2. The van der Waals surface area contributed by atoms with Gasteiger partial charge in [0, 0.05) is 18.3 Å². The number of nitrogens with zero attached hydrogens (tertiary/aromatic N) is 3. The molecule has 2 rings (SSSR count). The molecule has 5 nitrogen and oxygen atoms in total. The minimum absolute atomic E-state index is 0.110. The van der Waals surface area contributed by atoms with Gasteiger partial charge in [0.1, 0.15) is 11.0 Å². The molecule has 6 heteroatoms. The second-order valence-corrected chi connectivity index (χ2v) is 6.38. The van der Waals surface area contributed by atoms with Gasteiger partial charge in [0.15, 0.2) is 0 Å². The van der Waals surface area contributed by atoms with Gasteiger partial charge in [0.25, 0.3) is 0 Å². The molecule has 0 saturated heterocycles. The molecule has 0 spiro atoms. The van der Waals surface area contributed by atoms with Crippen LogP contribution in [0.15, 0.2) is 46.3 Å². The van der Waals surface area contributed by atoms with Crippen molar-refractivity contribution in [2.45, 2.75) is 25.3 Å². The van der Waals surface area contributed by atoms with Crippen molar-refractivity contribution in [3.63, 3.8) is 0 Å². The summed E-state index contributed by atoms with van der Waals surface area (Å²) in [5.41, 5.74) is 1.32. The summed E-state index contributed by atoms with van der Waals surface area (Å²) in [4.78, 5) is -0.175. The van der Waals surface area contributed by atoms with Crippen molar-refractivity contribution in [2.75, 3.05) is 0 Å². The van der Waals surface area contributed by atoms with E-state index in [1.807, 2.05) is 6.92 Å². The normalized spacial score (nSPS) is 12.1. The molecule has 0 fully saturated rings. The summed E-state index contributed by atoms with van der Waals surface area (Å²) in [6.45, 7) is 4.40. The van der Waals surface area contributed by atoms with Gasteiger partial charge in [-0.3, -0.25) is 4.68 Å². The van der Waals surface area contributed by atoms with Gasteiger partial charge in [-0.2, -0.15) is 10.4 Å². The lowest BCUT2D eigenvalue weighted by Crippen LogP contribution is -2.03. The predicted octanol–water partition coefficient (Wildman–Crippen LogP) is 2.55. The summed E-state index contributed by atoms with van der Waals surface area (Å²) >= 11 is 0. The van der Waals surface area contributed by atoms with E-state index in [1.165, 1.54) is 18.2 Å². The van der Waals surface area contributed by atoms with Crippen molar-refractivity contribution in [3.05, 3.63) is 52.7 Å². The van der Waals surface area contributed by atoms with Crippen LogP contribution in [-0.2, 0) is 16.4 Å².